The minimum atomic E-state index is -3.73. The number of aliphatic carboxylic acids is 1. The van der Waals surface area contributed by atoms with Crippen molar-refractivity contribution in [3.63, 3.8) is 0 Å². The van der Waals surface area contributed by atoms with Gasteiger partial charge in [0.1, 0.15) is 6.04 Å². The Balaban J connectivity index is 3.90. The molecule has 10 heteroatoms. The first-order valence-corrected chi connectivity index (χ1v) is 7.25. The van der Waals surface area contributed by atoms with Crippen LogP contribution in [0.5, 0.6) is 0 Å². The lowest BCUT2D eigenvalue weighted by Crippen LogP contribution is -2.41. The molecule has 0 unspecified atom stereocenters. The van der Waals surface area contributed by atoms with Gasteiger partial charge >= 0.3 is 5.97 Å². The lowest BCUT2D eigenvalue weighted by atomic mass is 10.1. The van der Waals surface area contributed by atoms with Crippen LogP contribution in [0.2, 0.25) is 0 Å². The molecule has 1 atom stereocenters. The maximum atomic E-state index is 11.4. The SMILES string of the molecule is N[C@@H](CCNS(=O)(=O)NCCC(CO)CO)C(=O)O. The molecule has 114 valence electrons. The Morgan fingerprint density at radius 2 is 1.58 bits per heavy atom. The van der Waals surface area contributed by atoms with Crippen LogP contribution >= 0.6 is 0 Å². The molecule has 0 rings (SSSR count). The molecular weight excluding hydrogens is 278 g/mol. The van der Waals surface area contributed by atoms with E-state index in [9.17, 15) is 13.2 Å². The summed E-state index contributed by atoms with van der Waals surface area (Å²) in [6.45, 7) is -0.476. The van der Waals surface area contributed by atoms with Gasteiger partial charge in [0.05, 0.1) is 0 Å². The van der Waals surface area contributed by atoms with E-state index < -0.39 is 22.2 Å². The summed E-state index contributed by atoms with van der Waals surface area (Å²) in [5, 5.41) is 26.1. The Hall–Kier alpha value is -0.780. The second kappa shape index (κ2) is 9.18. The fourth-order valence-corrected chi connectivity index (χ4v) is 2.04. The van der Waals surface area contributed by atoms with Gasteiger partial charge in [0, 0.05) is 32.2 Å². The molecule has 9 nitrogen and oxygen atoms in total. The topological polar surface area (TPSA) is 162 Å². The van der Waals surface area contributed by atoms with Crippen molar-refractivity contribution in [3.8, 4) is 0 Å². The molecule has 0 aliphatic carbocycles. The summed E-state index contributed by atoms with van der Waals surface area (Å²) in [6.07, 6.45) is 0.273. The summed E-state index contributed by atoms with van der Waals surface area (Å²) in [6, 6.07) is -1.11. The van der Waals surface area contributed by atoms with Crippen LogP contribution in [0.4, 0.5) is 0 Å². The molecule has 0 saturated heterocycles. The van der Waals surface area contributed by atoms with Gasteiger partial charge in [-0.25, -0.2) is 9.44 Å². The van der Waals surface area contributed by atoms with Crippen LogP contribution in [0, 0.1) is 5.92 Å². The minimum absolute atomic E-state index is 0.0217. The van der Waals surface area contributed by atoms with Crippen molar-refractivity contribution in [3.05, 3.63) is 0 Å². The van der Waals surface area contributed by atoms with Crippen LogP contribution in [-0.4, -0.2) is 62.1 Å². The third kappa shape index (κ3) is 8.86. The summed E-state index contributed by atoms with van der Waals surface area (Å²) in [5.74, 6) is -1.57. The number of aliphatic hydroxyl groups is 2. The number of hydrogen-bond acceptors (Lipinski definition) is 6. The maximum Gasteiger partial charge on any atom is 0.320 e. The molecule has 0 aliphatic heterocycles. The van der Waals surface area contributed by atoms with Gasteiger partial charge in [-0.1, -0.05) is 0 Å². The molecule has 0 bridgehead atoms. The monoisotopic (exact) mass is 299 g/mol. The third-order valence-corrected chi connectivity index (χ3v) is 3.59. The highest BCUT2D eigenvalue weighted by Crippen LogP contribution is 1.99. The molecular formula is C9H21N3O6S. The Labute approximate surface area is 112 Å². The first kappa shape index (κ1) is 18.2. The van der Waals surface area contributed by atoms with Gasteiger partial charge in [-0.05, 0) is 12.8 Å². The van der Waals surface area contributed by atoms with Crippen LogP contribution < -0.4 is 15.2 Å². The Morgan fingerprint density at radius 3 is 2.00 bits per heavy atom. The number of carboxylic acid groups (broad SMARTS) is 1. The number of nitrogens with one attached hydrogen (secondary N) is 2. The van der Waals surface area contributed by atoms with Crippen LogP contribution in [-0.2, 0) is 15.0 Å². The molecule has 0 aromatic heterocycles. The van der Waals surface area contributed by atoms with E-state index in [1.165, 1.54) is 0 Å². The van der Waals surface area contributed by atoms with E-state index in [2.05, 4.69) is 9.44 Å². The highest BCUT2D eigenvalue weighted by atomic mass is 32.2. The highest BCUT2D eigenvalue weighted by molar-refractivity contribution is 7.87. The molecule has 0 amide bonds. The Morgan fingerprint density at radius 1 is 1.11 bits per heavy atom. The molecule has 0 aromatic carbocycles. The predicted octanol–water partition coefficient (Wildman–Crippen LogP) is -2.80. The lowest BCUT2D eigenvalue weighted by Gasteiger charge is -2.12. The largest absolute Gasteiger partial charge is 0.480 e. The predicted molar refractivity (Wildman–Crippen MR) is 67.4 cm³/mol. The van der Waals surface area contributed by atoms with E-state index in [1.54, 1.807) is 0 Å². The number of carbonyl (C=O) groups is 1. The second-order valence-corrected chi connectivity index (χ2v) is 5.63. The molecule has 0 spiro atoms. The van der Waals surface area contributed by atoms with Gasteiger partial charge in [0.25, 0.3) is 10.2 Å². The van der Waals surface area contributed by atoms with E-state index in [0.717, 1.165) is 0 Å². The van der Waals surface area contributed by atoms with E-state index >= 15 is 0 Å². The summed E-state index contributed by atoms with van der Waals surface area (Å²) in [4.78, 5) is 10.4. The zero-order valence-corrected chi connectivity index (χ0v) is 11.3. The molecule has 0 radical (unpaired) electrons. The van der Waals surface area contributed by atoms with Crippen LogP contribution in [0.15, 0.2) is 0 Å². The van der Waals surface area contributed by atoms with E-state index in [0.29, 0.717) is 6.42 Å². The summed E-state index contributed by atoms with van der Waals surface area (Å²) in [5.41, 5.74) is 5.21. The average molecular weight is 299 g/mol. The van der Waals surface area contributed by atoms with Crippen LogP contribution in [0.1, 0.15) is 12.8 Å². The van der Waals surface area contributed by atoms with Crippen molar-refractivity contribution in [2.45, 2.75) is 18.9 Å². The van der Waals surface area contributed by atoms with Crippen molar-refractivity contribution in [2.24, 2.45) is 11.7 Å². The van der Waals surface area contributed by atoms with Crippen LogP contribution in [0.25, 0.3) is 0 Å². The van der Waals surface area contributed by atoms with Crippen molar-refractivity contribution >= 4 is 16.2 Å². The summed E-state index contributed by atoms with van der Waals surface area (Å²) in [7, 11) is -3.73. The fraction of sp³-hybridized carbons (Fsp3) is 0.889. The summed E-state index contributed by atoms with van der Waals surface area (Å²) < 4.78 is 27.2. The second-order valence-electron chi connectivity index (χ2n) is 4.05. The average Bonchev–Trinajstić information content (AvgIpc) is 2.34. The molecule has 0 saturated carbocycles. The fourth-order valence-electron chi connectivity index (χ4n) is 1.16. The van der Waals surface area contributed by atoms with E-state index in [4.69, 9.17) is 21.1 Å². The maximum absolute atomic E-state index is 11.4. The first-order chi connectivity index (χ1) is 8.82. The standard InChI is InChI=1S/C9H21N3O6S/c10-8(9(15)16)2-4-12-19(17,18)11-3-1-7(5-13)6-14/h7-8,11-14H,1-6,10H2,(H,15,16)/t8-/m0/s1. The highest BCUT2D eigenvalue weighted by Gasteiger charge is 2.14. The molecule has 7 N–H and O–H groups in total. The van der Waals surface area contributed by atoms with Crippen molar-refractivity contribution in [1.82, 2.24) is 9.44 Å². The summed E-state index contributed by atoms with van der Waals surface area (Å²) >= 11 is 0. The molecule has 19 heavy (non-hydrogen) atoms. The van der Waals surface area contributed by atoms with Gasteiger partial charge in [-0.3, -0.25) is 4.79 Å². The number of carboxylic acids is 1. The van der Waals surface area contributed by atoms with Crippen molar-refractivity contribution in [2.75, 3.05) is 26.3 Å². The Kier molecular flexibility index (Phi) is 8.80. The van der Waals surface area contributed by atoms with Crippen LogP contribution in [0.3, 0.4) is 0 Å². The van der Waals surface area contributed by atoms with E-state index in [-0.39, 0.29) is 38.6 Å². The van der Waals surface area contributed by atoms with Crippen molar-refractivity contribution < 1.29 is 28.5 Å². The zero-order valence-electron chi connectivity index (χ0n) is 10.4. The first-order valence-electron chi connectivity index (χ1n) is 5.76. The minimum Gasteiger partial charge on any atom is -0.480 e. The normalized spacial score (nSPS) is 13.7. The quantitative estimate of drug-likeness (QED) is 0.240. The van der Waals surface area contributed by atoms with Gasteiger partial charge in [0.2, 0.25) is 0 Å². The number of aliphatic hydroxyl groups excluding tert-OH is 2. The molecule has 0 aromatic rings. The molecule has 0 aliphatic rings. The van der Waals surface area contributed by atoms with Crippen molar-refractivity contribution in [1.29, 1.82) is 0 Å². The lowest BCUT2D eigenvalue weighted by molar-refractivity contribution is -0.138. The molecule has 0 heterocycles. The number of hydrogen-bond donors (Lipinski definition) is 6. The van der Waals surface area contributed by atoms with Gasteiger partial charge in [0.15, 0.2) is 0 Å². The Bertz CT molecular complexity index is 357. The number of nitrogens with two attached hydrogens (primary N) is 1. The third-order valence-electron chi connectivity index (χ3n) is 2.43. The zero-order chi connectivity index (χ0) is 14.9. The van der Waals surface area contributed by atoms with Gasteiger partial charge < -0.3 is 21.1 Å². The van der Waals surface area contributed by atoms with E-state index in [1.807, 2.05) is 0 Å². The number of rotatable bonds is 11. The van der Waals surface area contributed by atoms with Gasteiger partial charge in [-0.15, -0.1) is 0 Å². The van der Waals surface area contributed by atoms with Gasteiger partial charge in [-0.2, -0.15) is 8.42 Å². The molecule has 0 fully saturated rings. The smallest absolute Gasteiger partial charge is 0.320 e.